The van der Waals surface area contributed by atoms with E-state index in [1.165, 1.54) is 11.1 Å². The van der Waals surface area contributed by atoms with Crippen LogP contribution in [0.25, 0.3) is 0 Å². The molecule has 0 aliphatic carbocycles. The minimum absolute atomic E-state index is 0.240. The molecular formula is C22H25N5O2. The average Bonchev–Trinajstić information content (AvgIpc) is 3.16. The molecule has 29 heavy (non-hydrogen) atoms. The molecule has 0 fully saturated rings. The van der Waals surface area contributed by atoms with Crippen LogP contribution in [0.1, 0.15) is 50.7 Å². The Balaban J connectivity index is 1.60. The number of para-hydroxylation sites is 1. The van der Waals surface area contributed by atoms with Gasteiger partial charge >= 0.3 is 0 Å². The van der Waals surface area contributed by atoms with Gasteiger partial charge in [0.1, 0.15) is 0 Å². The summed E-state index contributed by atoms with van der Waals surface area (Å²) in [4.78, 5) is 4.59. The zero-order valence-corrected chi connectivity index (χ0v) is 17.1. The number of aromatic nitrogens is 3. The fraction of sp³-hybridized carbons (Fsp3) is 0.318. The van der Waals surface area contributed by atoms with Crippen LogP contribution in [0.2, 0.25) is 0 Å². The minimum atomic E-state index is 0.240. The van der Waals surface area contributed by atoms with E-state index in [0.717, 1.165) is 17.1 Å². The quantitative estimate of drug-likeness (QED) is 0.587. The first-order valence-electron chi connectivity index (χ1n) is 9.77. The van der Waals surface area contributed by atoms with Crippen LogP contribution in [0, 0.1) is 0 Å². The summed E-state index contributed by atoms with van der Waals surface area (Å²) in [6.07, 6.45) is 1.63. The van der Waals surface area contributed by atoms with Crippen molar-refractivity contribution in [3.8, 4) is 11.5 Å². The third-order valence-electron chi connectivity index (χ3n) is 4.81. The highest BCUT2D eigenvalue weighted by molar-refractivity contribution is 5.67. The molecule has 2 N–H and O–H groups in total. The molecule has 7 nitrogen and oxygen atoms in total. The molecule has 4 rings (SSSR count). The molecule has 150 valence electrons. The van der Waals surface area contributed by atoms with E-state index in [4.69, 9.17) is 9.47 Å². The van der Waals surface area contributed by atoms with E-state index in [2.05, 4.69) is 71.7 Å². The van der Waals surface area contributed by atoms with Gasteiger partial charge in [0.15, 0.2) is 17.3 Å². The maximum atomic E-state index is 5.42. The van der Waals surface area contributed by atoms with Gasteiger partial charge in [-0.2, -0.15) is 10.1 Å². The van der Waals surface area contributed by atoms with E-state index in [-0.39, 0.29) is 6.79 Å². The third kappa shape index (κ3) is 4.08. The van der Waals surface area contributed by atoms with Gasteiger partial charge in [-0.1, -0.05) is 45.9 Å². The number of benzene rings is 2. The first-order chi connectivity index (χ1) is 14.0. The summed E-state index contributed by atoms with van der Waals surface area (Å²) in [5.74, 6) is 3.25. The monoisotopic (exact) mass is 391 g/mol. The zero-order chi connectivity index (χ0) is 20.4. The van der Waals surface area contributed by atoms with Gasteiger partial charge in [0.05, 0.1) is 6.20 Å². The Morgan fingerprint density at radius 2 is 1.62 bits per heavy atom. The largest absolute Gasteiger partial charge is 0.454 e. The number of fused-ring (bicyclic) bond motifs is 1. The van der Waals surface area contributed by atoms with Gasteiger partial charge in [-0.25, -0.2) is 0 Å². The third-order valence-corrected chi connectivity index (χ3v) is 4.81. The van der Waals surface area contributed by atoms with E-state index >= 15 is 0 Å². The molecule has 0 amide bonds. The summed E-state index contributed by atoms with van der Waals surface area (Å²) in [5.41, 5.74) is 4.39. The minimum Gasteiger partial charge on any atom is -0.454 e. The second-order valence-corrected chi connectivity index (χ2v) is 7.60. The zero-order valence-electron chi connectivity index (χ0n) is 17.1. The highest BCUT2D eigenvalue weighted by Crippen LogP contribution is 2.36. The molecule has 0 radical (unpaired) electrons. The van der Waals surface area contributed by atoms with Crippen LogP contribution in [-0.2, 0) is 0 Å². The lowest BCUT2D eigenvalue weighted by Gasteiger charge is -2.20. The van der Waals surface area contributed by atoms with Crippen molar-refractivity contribution >= 4 is 23.1 Å². The molecule has 1 aromatic heterocycles. The van der Waals surface area contributed by atoms with E-state index in [9.17, 15) is 0 Å². The molecular weight excluding hydrogens is 366 g/mol. The summed E-state index contributed by atoms with van der Waals surface area (Å²) in [5, 5.41) is 14.9. The summed E-state index contributed by atoms with van der Waals surface area (Å²) < 4.78 is 10.8. The maximum absolute atomic E-state index is 5.42. The topological polar surface area (TPSA) is 81.2 Å². The van der Waals surface area contributed by atoms with Crippen LogP contribution in [0.5, 0.6) is 11.5 Å². The molecule has 1 aliphatic heterocycles. The molecule has 0 saturated carbocycles. The predicted octanol–water partition coefficient (Wildman–Crippen LogP) is 5.33. The summed E-state index contributed by atoms with van der Waals surface area (Å²) >= 11 is 0. The van der Waals surface area contributed by atoms with Crippen molar-refractivity contribution in [2.45, 2.75) is 39.5 Å². The van der Waals surface area contributed by atoms with Crippen LogP contribution in [0.4, 0.5) is 23.1 Å². The van der Waals surface area contributed by atoms with Crippen LogP contribution in [-0.4, -0.2) is 22.0 Å². The molecule has 2 aromatic carbocycles. The highest BCUT2D eigenvalue weighted by atomic mass is 16.7. The predicted molar refractivity (Wildman–Crippen MR) is 114 cm³/mol. The van der Waals surface area contributed by atoms with Crippen molar-refractivity contribution in [1.29, 1.82) is 0 Å². The van der Waals surface area contributed by atoms with Gasteiger partial charge in [0, 0.05) is 17.4 Å². The second-order valence-electron chi connectivity index (χ2n) is 7.60. The van der Waals surface area contributed by atoms with E-state index in [0.29, 0.717) is 29.4 Å². The summed E-state index contributed by atoms with van der Waals surface area (Å²) in [6, 6.07) is 12.0. The highest BCUT2D eigenvalue weighted by Gasteiger charge is 2.16. The van der Waals surface area contributed by atoms with Crippen molar-refractivity contribution < 1.29 is 9.47 Å². The van der Waals surface area contributed by atoms with Crippen molar-refractivity contribution in [2.24, 2.45) is 0 Å². The number of anilines is 4. The molecule has 0 bridgehead atoms. The van der Waals surface area contributed by atoms with E-state index in [1.54, 1.807) is 6.20 Å². The van der Waals surface area contributed by atoms with Gasteiger partial charge in [-0.05, 0) is 35.1 Å². The summed E-state index contributed by atoms with van der Waals surface area (Å²) in [6.45, 7) is 9.00. The number of ether oxygens (including phenoxy) is 2. The molecule has 0 unspecified atom stereocenters. The SMILES string of the molecule is CC(C)c1cccc(C(C)C)c1Nc1cnnc(Nc2ccc3c(c2)OCO3)n1. The van der Waals surface area contributed by atoms with E-state index in [1.807, 2.05) is 18.2 Å². The van der Waals surface area contributed by atoms with Crippen molar-refractivity contribution in [2.75, 3.05) is 17.4 Å². The number of hydrogen-bond acceptors (Lipinski definition) is 7. The maximum Gasteiger partial charge on any atom is 0.249 e. The smallest absolute Gasteiger partial charge is 0.249 e. The fourth-order valence-corrected chi connectivity index (χ4v) is 3.34. The van der Waals surface area contributed by atoms with Gasteiger partial charge in [-0.3, -0.25) is 0 Å². The Morgan fingerprint density at radius 1 is 0.897 bits per heavy atom. The second kappa shape index (κ2) is 7.95. The Hall–Kier alpha value is -3.35. The van der Waals surface area contributed by atoms with Crippen molar-refractivity contribution in [3.05, 3.63) is 53.7 Å². The Labute approximate surface area is 170 Å². The van der Waals surface area contributed by atoms with Gasteiger partial charge < -0.3 is 20.1 Å². The molecule has 3 aromatic rings. The number of rotatable bonds is 6. The lowest BCUT2D eigenvalue weighted by atomic mass is 9.92. The van der Waals surface area contributed by atoms with Crippen LogP contribution in [0.3, 0.4) is 0 Å². The lowest BCUT2D eigenvalue weighted by molar-refractivity contribution is 0.174. The van der Waals surface area contributed by atoms with Gasteiger partial charge in [0.2, 0.25) is 12.7 Å². The van der Waals surface area contributed by atoms with Crippen LogP contribution >= 0.6 is 0 Å². The molecule has 7 heteroatoms. The number of nitrogens with zero attached hydrogens (tertiary/aromatic N) is 3. The Bertz CT molecular complexity index is 994. The Morgan fingerprint density at radius 3 is 2.34 bits per heavy atom. The van der Waals surface area contributed by atoms with Crippen LogP contribution < -0.4 is 20.1 Å². The standard InChI is InChI=1S/C22H25N5O2/c1-13(2)16-6-5-7-17(14(3)4)21(16)25-20-11-23-27-22(26-20)24-15-8-9-18-19(10-15)29-12-28-18/h5-11,13-14H,12H2,1-4H3,(H2,24,25,26,27). The molecule has 0 saturated heterocycles. The average molecular weight is 391 g/mol. The molecule has 0 spiro atoms. The molecule has 0 atom stereocenters. The van der Waals surface area contributed by atoms with Crippen molar-refractivity contribution in [1.82, 2.24) is 15.2 Å². The molecule has 1 aliphatic rings. The van der Waals surface area contributed by atoms with Gasteiger partial charge in [-0.15, -0.1) is 5.10 Å². The van der Waals surface area contributed by atoms with E-state index < -0.39 is 0 Å². The normalized spacial score (nSPS) is 12.5. The number of nitrogens with one attached hydrogen (secondary N) is 2. The first-order valence-corrected chi connectivity index (χ1v) is 9.77. The van der Waals surface area contributed by atoms with Crippen molar-refractivity contribution in [3.63, 3.8) is 0 Å². The fourth-order valence-electron chi connectivity index (χ4n) is 3.34. The van der Waals surface area contributed by atoms with Gasteiger partial charge in [0.25, 0.3) is 0 Å². The summed E-state index contributed by atoms with van der Waals surface area (Å²) in [7, 11) is 0. The number of hydrogen-bond donors (Lipinski definition) is 2. The lowest BCUT2D eigenvalue weighted by Crippen LogP contribution is -2.07. The molecule has 2 heterocycles. The first kappa shape index (κ1) is 19.0. The Kier molecular flexibility index (Phi) is 5.20. The van der Waals surface area contributed by atoms with Crippen LogP contribution in [0.15, 0.2) is 42.6 Å².